The smallest absolute Gasteiger partial charge is 0.254 e. The van der Waals surface area contributed by atoms with E-state index in [4.69, 9.17) is 0 Å². The lowest BCUT2D eigenvalue weighted by Gasteiger charge is -2.41. The molecule has 3 aromatic carbocycles. The van der Waals surface area contributed by atoms with E-state index in [1.807, 2.05) is 4.90 Å². The zero-order chi connectivity index (χ0) is 23.9. The number of para-hydroxylation sites is 1. The normalized spacial score (nSPS) is 25.3. The number of carbonyl (C=O) groups excluding carboxylic acids is 1. The van der Waals surface area contributed by atoms with Crippen LogP contribution in [0.1, 0.15) is 54.1 Å². The van der Waals surface area contributed by atoms with Crippen molar-refractivity contribution < 1.29 is 9.90 Å². The molecule has 3 aromatic rings. The average Bonchev–Trinajstić information content (AvgIpc) is 3.21. The van der Waals surface area contributed by atoms with Crippen LogP contribution in [0.15, 0.2) is 60.7 Å². The Morgan fingerprint density at radius 3 is 2.43 bits per heavy atom. The lowest BCUT2D eigenvalue weighted by molar-refractivity contribution is 0.0192. The van der Waals surface area contributed by atoms with Gasteiger partial charge in [0.2, 0.25) is 0 Å². The number of piperazine rings is 1. The lowest BCUT2D eigenvalue weighted by Crippen LogP contribution is -2.51. The third-order valence-corrected chi connectivity index (χ3v) is 8.35. The van der Waals surface area contributed by atoms with Crippen LogP contribution in [0.2, 0.25) is 0 Å². The van der Waals surface area contributed by atoms with Gasteiger partial charge in [0, 0.05) is 50.0 Å². The second-order valence-electron chi connectivity index (χ2n) is 10.6. The van der Waals surface area contributed by atoms with Crippen LogP contribution >= 0.6 is 0 Å². The molecule has 3 aliphatic rings. The van der Waals surface area contributed by atoms with E-state index in [0.29, 0.717) is 12.6 Å². The number of rotatable bonds is 4. The van der Waals surface area contributed by atoms with Gasteiger partial charge in [0.05, 0.1) is 12.1 Å². The first-order chi connectivity index (χ1) is 17.1. The molecule has 6 rings (SSSR count). The molecule has 1 saturated carbocycles. The van der Waals surface area contributed by atoms with Gasteiger partial charge in [0.15, 0.2) is 0 Å². The van der Waals surface area contributed by atoms with Crippen LogP contribution in [-0.2, 0) is 13.1 Å². The molecule has 1 saturated heterocycles. The maximum atomic E-state index is 13.6. The fraction of sp³-hybridized carbons (Fsp3) is 0.433. The van der Waals surface area contributed by atoms with Crippen molar-refractivity contribution in [2.24, 2.45) is 0 Å². The molecule has 5 heteroatoms. The molecule has 2 heterocycles. The molecular formula is C30H35N3O2. The lowest BCUT2D eigenvalue weighted by atomic mass is 9.91. The second-order valence-corrected chi connectivity index (χ2v) is 10.6. The Morgan fingerprint density at radius 1 is 0.914 bits per heavy atom. The van der Waals surface area contributed by atoms with E-state index in [1.165, 1.54) is 22.0 Å². The van der Waals surface area contributed by atoms with E-state index >= 15 is 0 Å². The summed E-state index contributed by atoms with van der Waals surface area (Å²) in [4.78, 5) is 20.5. The van der Waals surface area contributed by atoms with Crippen molar-refractivity contribution in [3.63, 3.8) is 0 Å². The van der Waals surface area contributed by atoms with Gasteiger partial charge in [-0.3, -0.25) is 9.69 Å². The summed E-state index contributed by atoms with van der Waals surface area (Å²) >= 11 is 0. The Labute approximate surface area is 207 Å². The summed E-state index contributed by atoms with van der Waals surface area (Å²) in [6, 6.07) is 21.8. The van der Waals surface area contributed by atoms with Gasteiger partial charge in [-0.05, 0) is 59.9 Å². The van der Waals surface area contributed by atoms with Gasteiger partial charge in [-0.15, -0.1) is 0 Å². The Hall–Kier alpha value is -2.89. The van der Waals surface area contributed by atoms with Crippen molar-refractivity contribution in [2.45, 2.75) is 63.9 Å². The molecular weight excluding hydrogens is 434 g/mol. The van der Waals surface area contributed by atoms with E-state index in [0.717, 1.165) is 63.0 Å². The van der Waals surface area contributed by atoms with Crippen molar-refractivity contribution >= 4 is 22.4 Å². The number of amides is 1. The van der Waals surface area contributed by atoms with Crippen LogP contribution in [-0.4, -0.2) is 58.6 Å². The number of fused-ring (bicyclic) bond motifs is 3. The molecule has 1 unspecified atom stereocenters. The van der Waals surface area contributed by atoms with E-state index in [2.05, 4.69) is 77.4 Å². The van der Waals surface area contributed by atoms with E-state index in [1.54, 1.807) is 0 Å². The van der Waals surface area contributed by atoms with Crippen LogP contribution < -0.4 is 4.90 Å². The Kier molecular flexibility index (Phi) is 5.99. The zero-order valence-corrected chi connectivity index (χ0v) is 20.6. The molecule has 2 aliphatic heterocycles. The maximum absolute atomic E-state index is 13.6. The highest BCUT2D eigenvalue weighted by Crippen LogP contribution is 2.37. The number of carbonyl (C=O) groups is 1. The molecule has 1 aliphatic carbocycles. The quantitative estimate of drug-likeness (QED) is 0.596. The van der Waals surface area contributed by atoms with Gasteiger partial charge in [0.25, 0.3) is 5.91 Å². The molecule has 2 fully saturated rings. The highest BCUT2D eigenvalue weighted by Gasteiger charge is 2.38. The standard InChI is InChI=1S/C30H35N3O2/c1-21-18-31(15-16-32(21)23-9-3-2-4-10-23)19-22-17-26-27(25-12-6-5-11-24(22)25)20-33(30(26)35)28-13-7-8-14-29(28)34/h2-6,9-12,17,21,28-29,34H,7-8,13-16,18-20H2,1H3/t21?,28-,29-/m0/s1. The minimum absolute atomic E-state index is 0.0576. The van der Waals surface area contributed by atoms with E-state index in [-0.39, 0.29) is 11.9 Å². The number of anilines is 1. The molecule has 5 nitrogen and oxygen atoms in total. The highest BCUT2D eigenvalue weighted by molar-refractivity contribution is 6.05. The number of benzene rings is 3. The van der Waals surface area contributed by atoms with Crippen molar-refractivity contribution in [1.82, 2.24) is 9.80 Å². The molecule has 3 atom stereocenters. The molecule has 182 valence electrons. The largest absolute Gasteiger partial charge is 0.391 e. The Balaban J connectivity index is 1.27. The van der Waals surface area contributed by atoms with E-state index < -0.39 is 6.10 Å². The van der Waals surface area contributed by atoms with Crippen LogP contribution in [0.4, 0.5) is 5.69 Å². The summed E-state index contributed by atoms with van der Waals surface area (Å²) in [6.45, 7) is 6.76. The number of aliphatic hydroxyl groups is 1. The van der Waals surface area contributed by atoms with Gasteiger partial charge < -0.3 is 14.9 Å². The number of hydrogen-bond acceptors (Lipinski definition) is 4. The SMILES string of the molecule is CC1CN(Cc2cc3c(c4ccccc24)CN([C@H]2CCCC[C@@H]2O)C3=O)CCN1c1ccccc1. The maximum Gasteiger partial charge on any atom is 0.254 e. The first-order valence-electron chi connectivity index (χ1n) is 13.2. The predicted molar refractivity (Wildman–Crippen MR) is 141 cm³/mol. The number of nitrogens with zero attached hydrogens (tertiary/aromatic N) is 3. The summed E-state index contributed by atoms with van der Waals surface area (Å²) in [5.74, 6) is 0.0974. The summed E-state index contributed by atoms with van der Waals surface area (Å²) in [5, 5.41) is 13.1. The minimum Gasteiger partial charge on any atom is -0.391 e. The monoisotopic (exact) mass is 469 g/mol. The predicted octanol–water partition coefficient (Wildman–Crippen LogP) is 4.81. The molecule has 1 amide bonds. The van der Waals surface area contributed by atoms with Crippen LogP contribution in [0.5, 0.6) is 0 Å². The third-order valence-electron chi connectivity index (χ3n) is 8.35. The Bertz CT molecular complexity index is 1230. The van der Waals surface area contributed by atoms with Gasteiger partial charge in [-0.25, -0.2) is 0 Å². The average molecular weight is 470 g/mol. The molecule has 1 N–H and O–H groups in total. The minimum atomic E-state index is -0.407. The fourth-order valence-corrected chi connectivity index (χ4v) is 6.54. The molecule has 0 radical (unpaired) electrons. The fourth-order valence-electron chi connectivity index (χ4n) is 6.54. The summed E-state index contributed by atoms with van der Waals surface area (Å²) in [6.07, 6.45) is 3.42. The zero-order valence-electron chi connectivity index (χ0n) is 20.6. The first-order valence-corrected chi connectivity index (χ1v) is 13.2. The molecule has 35 heavy (non-hydrogen) atoms. The van der Waals surface area contributed by atoms with Gasteiger partial charge >= 0.3 is 0 Å². The van der Waals surface area contributed by atoms with Gasteiger partial charge in [-0.1, -0.05) is 55.3 Å². The van der Waals surface area contributed by atoms with E-state index in [9.17, 15) is 9.90 Å². The summed E-state index contributed by atoms with van der Waals surface area (Å²) < 4.78 is 0. The van der Waals surface area contributed by atoms with Crippen LogP contribution in [0, 0.1) is 0 Å². The van der Waals surface area contributed by atoms with Crippen molar-refractivity contribution in [3.8, 4) is 0 Å². The first kappa shape index (κ1) is 22.6. The van der Waals surface area contributed by atoms with Crippen molar-refractivity contribution in [3.05, 3.63) is 77.4 Å². The number of hydrogen-bond donors (Lipinski definition) is 1. The molecule has 0 aromatic heterocycles. The second kappa shape index (κ2) is 9.29. The van der Waals surface area contributed by atoms with Crippen LogP contribution in [0.25, 0.3) is 10.8 Å². The summed E-state index contributed by atoms with van der Waals surface area (Å²) in [5.41, 5.74) is 4.50. The van der Waals surface area contributed by atoms with Gasteiger partial charge in [-0.2, -0.15) is 0 Å². The molecule has 0 bridgehead atoms. The van der Waals surface area contributed by atoms with Crippen molar-refractivity contribution in [2.75, 3.05) is 24.5 Å². The van der Waals surface area contributed by atoms with Gasteiger partial charge in [0.1, 0.15) is 0 Å². The topological polar surface area (TPSA) is 47.0 Å². The highest BCUT2D eigenvalue weighted by atomic mass is 16.3. The van der Waals surface area contributed by atoms with Crippen LogP contribution in [0.3, 0.4) is 0 Å². The summed E-state index contributed by atoms with van der Waals surface area (Å²) in [7, 11) is 0. The van der Waals surface area contributed by atoms with Crippen molar-refractivity contribution in [1.29, 1.82) is 0 Å². The molecule has 0 spiro atoms. The number of aliphatic hydroxyl groups excluding tert-OH is 1. The third kappa shape index (κ3) is 4.11. The Morgan fingerprint density at radius 2 is 1.66 bits per heavy atom.